The van der Waals surface area contributed by atoms with Crippen LogP contribution in [0.15, 0.2) is 12.1 Å². The molecule has 3 heteroatoms. The summed E-state index contributed by atoms with van der Waals surface area (Å²) in [5.41, 5.74) is 3.33. The van der Waals surface area contributed by atoms with E-state index in [-0.39, 0.29) is 0 Å². The topological polar surface area (TPSA) is 15.3 Å². The van der Waals surface area contributed by atoms with Crippen molar-refractivity contribution in [2.75, 3.05) is 32.7 Å². The lowest BCUT2D eigenvalue weighted by Crippen LogP contribution is -2.43. The van der Waals surface area contributed by atoms with Crippen LogP contribution in [0, 0.1) is 25.7 Å². The normalized spacial score (nSPS) is 16.2. The molecule has 18 heavy (non-hydrogen) atoms. The first-order chi connectivity index (χ1) is 8.66. The van der Waals surface area contributed by atoms with Crippen LogP contribution in [-0.2, 0) is 0 Å². The van der Waals surface area contributed by atoms with Gasteiger partial charge in [0.25, 0.3) is 0 Å². The average molecular weight is 263 g/mol. The minimum atomic E-state index is 0.820. The summed E-state index contributed by atoms with van der Waals surface area (Å²) in [6, 6.07) is 4.06. The Morgan fingerprint density at radius 3 is 2.67 bits per heavy atom. The van der Waals surface area contributed by atoms with Gasteiger partial charge in [0, 0.05) is 36.8 Å². The van der Waals surface area contributed by atoms with Crippen LogP contribution in [0.4, 0.5) is 0 Å². The maximum atomic E-state index is 6.08. The van der Waals surface area contributed by atoms with Gasteiger partial charge in [-0.15, -0.1) is 0 Å². The Labute approximate surface area is 114 Å². The quantitative estimate of drug-likeness (QED) is 0.781. The van der Waals surface area contributed by atoms with Gasteiger partial charge in [0.1, 0.15) is 0 Å². The highest BCUT2D eigenvalue weighted by atomic mass is 35.5. The molecule has 1 fully saturated rings. The summed E-state index contributed by atoms with van der Waals surface area (Å²) in [5.74, 6) is 6.52. The molecule has 0 unspecified atom stereocenters. The summed E-state index contributed by atoms with van der Waals surface area (Å²) in [6.07, 6.45) is 0. The highest BCUT2D eigenvalue weighted by Crippen LogP contribution is 2.19. The van der Waals surface area contributed by atoms with Crippen molar-refractivity contribution in [3.63, 3.8) is 0 Å². The van der Waals surface area contributed by atoms with E-state index >= 15 is 0 Å². The molecule has 96 valence electrons. The zero-order chi connectivity index (χ0) is 13.0. The monoisotopic (exact) mass is 262 g/mol. The van der Waals surface area contributed by atoms with Crippen LogP contribution in [0.25, 0.3) is 0 Å². The largest absolute Gasteiger partial charge is 0.314 e. The minimum absolute atomic E-state index is 0.820. The van der Waals surface area contributed by atoms with E-state index in [4.69, 9.17) is 11.6 Å². The number of rotatable bonds is 1. The maximum absolute atomic E-state index is 6.08. The molecule has 2 rings (SSSR count). The van der Waals surface area contributed by atoms with Crippen molar-refractivity contribution >= 4 is 11.6 Å². The van der Waals surface area contributed by atoms with Crippen LogP contribution in [0.1, 0.15) is 16.7 Å². The molecule has 0 saturated carbocycles. The van der Waals surface area contributed by atoms with Crippen LogP contribution >= 0.6 is 11.6 Å². The molecule has 0 amide bonds. The van der Waals surface area contributed by atoms with Gasteiger partial charge in [0.2, 0.25) is 0 Å². The fraction of sp³-hybridized carbons (Fsp3) is 0.467. The molecule has 1 N–H and O–H groups in total. The van der Waals surface area contributed by atoms with Crippen molar-refractivity contribution in [3.8, 4) is 11.8 Å². The van der Waals surface area contributed by atoms with Crippen LogP contribution in [0.3, 0.4) is 0 Å². The number of piperazine rings is 1. The molecule has 1 aromatic carbocycles. The Morgan fingerprint density at radius 2 is 1.94 bits per heavy atom. The third-order valence-electron chi connectivity index (χ3n) is 3.24. The summed E-state index contributed by atoms with van der Waals surface area (Å²) >= 11 is 6.08. The number of benzene rings is 1. The van der Waals surface area contributed by atoms with E-state index < -0.39 is 0 Å². The Kier molecular flexibility index (Phi) is 4.66. The van der Waals surface area contributed by atoms with Gasteiger partial charge in [-0.3, -0.25) is 4.90 Å². The van der Waals surface area contributed by atoms with Crippen molar-refractivity contribution < 1.29 is 0 Å². The predicted octanol–water partition coefficient (Wildman–Crippen LogP) is 2.21. The first-order valence-corrected chi connectivity index (χ1v) is 6.73. The smallest absolute Gasteiger partial charge is 0.0606 e. The number of halogens is 1. The minimum Gasteiger partial charge on any atom is -0.314 e. The summed E-state index contributed by atoms with van der Waals surface area (Å²) in [7, 11) is 0. The third kappa shape index (κ3) is 3.49. The van der Waals surface area contributed by atoms with Crippen molar-refractivity contribution in [3.05, 3.63) is 33.8 Å². The molecule has 0 aromatic heterocycles. The molecule has 1 heterocycles. The van der Waals surface area contributed by atoms with Crippen molar-refractivity contribution in [1.29, 1.82) is 0 Å². The lowest BCUT2D eigenvalue weighted by atomic mass is 10.1. The molecule has 0 bridgehead atoms. The highest BCUT2D eigenvalue weighted by Gasteiger charge is 2.06. The van der Waals surface area contributed by atoms with E-state index in [1.165, 1.54) is 0 Å². The van der Waals surface area contributed by atoms with Gasteiger partial charge in [0.05, 0.1) is 6.54 Å². The Balaban J connectivity index is 2.03. The number of nitrogens with one attached hydrogen (secondary N) is 1. The van der Waals surface area contributed by atoms with Crippen molar-refractivity contribution in [2.45, 2.75) is 13.8 Å². The van der Waals surface area contributed by atoms with E-state index in [2.05, 4.69) is 35.0 Å². The van der Waals surface area contributed by atoms with Crippen LogP contribution in [-0.4, -0.2) is 37.6 Å². The van der Waals surface area contributed by atoms with Crippen molar-refractivity contribution in [2.24, 2.45) is 0 Å². The van der Waals surface area contributed by atoms with E-state index in [1.54, 1.807) is 0 Å². The fourth-order valence-electron chi connectivity index (χ4n) is 2.03. The standard InChI is InChI=1S/C15H19ClN2/c1-12-11-15(16)13(2)10-14(12)4-3-7-18-8-5-17-6-9-18/h10-11,17H,5-9H2,1-2H3. The first-order valence-electron chi connectivity index (χ1n) is 6.35. The van der Waals surface area contributed by atoms with E-state index in [0.29, 0.717) is 0 Å². The molecule has 0 radical (unpaired) electrons. The van der Waals surface area contributed by atoms with Crippen LogP contribution < -0.4 is 5.32 Å². The van der Waals surface area contributed by atoms with Gasteiger partial charge in [0.15, 0.2) is 0 Å². The fourth-order valence-corrected chi connectivity index (χ4v) is 2.25. The van der Waals surface area contributed by atoms with Gasteiger partial charge >= 0.3 is 0 Å². The number of hydrogen-bond acceptors (Lipinski definition) is 2. The van der Waals surface area contributed by atoms with E-state index in [9.17, 15) is 0 Å². The predicted molar refractivity (Wildman–Crippen MR) is 77.1 cm³/mol. The molecule has 1 aliphatic rings. The summed E-state index contributed by atoms with van der Waals surface area (Å²) < 4.78 is 0. The zero-order valence-corrected chi connectivity index (χ0v) is 11.8. The molecule has 1 aromatic rings. The zero-order valence-electron chi connectivity index (χ0n) is 11.0. The number of hydrogen-bond donors (Lipinski definition) is 1. The first kappa shape index (κ1) is 13.4. The van der Waals surface area contributed by atoms with Gasteiger partial charge in [-0.1, -0.05) is 23.4 Å². The van der Waals surface area contributed by atoms with Crippen LogP contribution in [0.2, 0.25) is 5.02 Å². The second-order valence-corrected chi connectivity index (χ2v) is 5.15. The Hall–Kier alpha value is -1.01. The van der Waals surface area contributed by atoms with Gasteiger partial charge in [-0.05, 0) is 37.1 Å². The lowest BCUT2D eigenvalue weighted by Gasteiger charge is -2.24. The molecule has 1 saturated heterocycles. The second-order valence-electron chi connectivity index (χ2n) is 4.74. The van der Waals surface area contributed by atoms with Crippen molar-refractivity contribution in [1.82, 2.24) is 10.2 Å². The number of nitrogens with zero attached hydrogens (tertiary/aromatic N) is 1. The molecule has 1 aliphatic heterocycles. The third-order valence-corrected chi connectivity index (χ3v) is 3.65. The second kappa shape index (κ2) is 6.24. The van der Waals surface area contributed by atoms with E-state index in [0.717, 1.165) is 54.4 Å². The summed E-state index contributed by atoms with van der Waals surface area (Å²) in [4.78, 5) is 2.38. The maximum Gasteiger partial charge on any atom is 0.0606 e. The van der Waals surface area contributed by atoms with Gasteiger partial charge in [-0.2, -0.15) is 0 Å². The molecule has 0 aliphatic carbocycles. The molecule has 0 atom stereocenters. The van der Waals surface area contributed by atoms with Gasteiger partial charge in [-0.25, -0.2) is 0 Å². The van der Waals surface area contributed by atoms with E-state index in [1.807, 2.05) is 13.0 Å². The highest BCUT2D eigenvalue weighted by molar-refractivity contribution is 6.31. The molecular formula is C15H19ClN2. The van der Waals surface area contributed by atoms with Gasteiger partial charge < -0.3 is 5.32 Å². The molecule has 2 nitrogen and oxygen atoms in total. The van der Waals surface area contributed by atoms with Crippen LogP contribution in [0.5, 0.6) is 0 Å². The molecular weight excluding hydrogens is 244 g/mol. The number of aryl methyl sites for hydroxylation is 2. The lowest BCUT2D eigenvalue weighted by molar-refractivity contribution is 0.268. The Morgan fingerprint density at radius 1 is 1.22 bits per heavy atom. The Bertz CT molecular complexity index is 479. The summed E-state index contributed by atoms with van der Waals surface area (Å²) in [5, 5.41) is 4.16. The molecule has 0 spiro atoms. The SMILES string of the molecule is Cc1cc(C#CCN2CCNCC2)c(C)cc1Cl. The average Bonchev–Trinajstić information content (AvgIpc) is 2.37. The summed E-state index contributed by atoms with van der Waals surface area (Å²) in [6.45, 7) is 9.24.